The van der Waals surface area contributed by atoms with Crippen LogP contribution in [0.1, 0.15) is 5.56 Å². The number of nitrogens with zero attached hydrogens (tertiary/aromatic N) is 1. The fourth-order valence-electron chi connectivity index (χ4n) is 1.67. The van der Waals surface area contributed by atoms with Crippen LogP contribution in [0.25, 0.3) is 11.1 Å². The molecule has 2 aromatic carbocycles. The topological polar surface area (TPSA) is 12.4 Å². The number of hydrogen-bond acceptors (Lipinski definition) is 2. The van der Waals surface area contributed by atoms with Crippen molar-refractivity contribution >= 4 is 23.1 Å². The number of aryl methyl sites for hydroxylation is 1. The summed E-state index contributed by atoms with van der Waals surface area (Å²) in [6.07, 6.45) is 0. The lowest BCUT2D eigenvalue weighted by molar-refractivity contribution is 0.590. The lowest BCUT2D eigenvalue weighted by atomic mass is 10.0. The molecule has 0 aromatic heterocycles. The Hall–Kier alpha value is -1.90. The molecule has 0 spiro atoms. The van der Waals surface area contributed by atoms with Crippen LogP contribution in [-0.4, -0.2) is 5.16 Å². The van der Waals surface area contributed by atoms with E-state index < -0.39 is 11.6 Å². The van der Waals surface area contributed by atoms with Crippen molar-refractivity contribution in [3.05, 3.63) is 53.6 Å². The van der Waals surface area contributed by atoms with Gasteiger partial charge in [-0.3, -0.25) is 0 Å². The Morgan fingerprint density at radius 2 is 1.61 bits per heavy atom. The Morgan fingerprint density at radius 3 is 2.11 bits per heavy atom. The second-order valence-corrected chi connectivity index (χ2v) is 4.04. The number of hydrogen-bond donors (Lipinski definition) is 0. The number of rotatable bonds is 2. The van der Waals surface area contributed by atoms with E-state index in [2.05, 4.69) is 22.4 Å². The molecule has 0 aliphatic rings. The van der Waals surface area contributed by atoms with Crippen molar-refractivity contribution in [1.29, 1.82) is 0 Å². The minimum Gasteiger partial charge on any atom is -0.206 e. The zero-order valence-electron chi connectivity index (χ0n) is 9.58. The minimum absolute atomic E-state index is 0.0571. The molecular formula is C14H9F2NS. The van der Waals surface area contributed by atoms with Crippen LogP contribution in [0, 0.1) is 18.6 Å². The summed E-state index contributed by atoms with van der Waals surface area (Å²) in [6.45, 7) is 1.91. The highest BCUT2D eigenvalue weighted by Gasteiger charge is 2.12. The maximum absolute atomic E-state index is 13.9. The Kier molecular flexibility index (Phi) is 3.60. The van der Waals surface area contributed by atoms with Crippen molar-refractivity contribution in [3.63, 3.8) is 0 Å². The van der Waals surface area contributed by atoms with Gasteiger partial charge in [-0.05, 0) is 24.7 Å². The highest BCUT2D eigenvalue weighted by molar-refractivity contribution is 7.78. The van der Waals surface area contributed by atoms with Gasteiger partial charge in [-0.25, -0.2) is 8.78 Å². The molecule has 0 amide bonds. The van der Waals surface area contributed by atoms with Crippen LogP contribution in [0.5, 0.6) is 0 Å². The van der Waals surface area contributed by atoms with Crippen LogP contribution in [0.4, 0.5) is 14.5 Å². The van der Waals surface area contributed by atoms with E-state index in [-0.39, 0.29) is 11.3 Å². The van der Waals surface area contributed by atoms with Gasteiger partial charge < -0.3 is 0 Å². The van der Waals surface area contributed by atoms with Crippen molar-refractivity contribution in [2.45, 2.75) is 6.92 Å². The maximum Gasteiger partial charge on any atom is 0.136 e. The fraction of sp³-hybridized carbons (Fsp3) is 0.0714. The molecule has 0 aliphatic heterocycles. The first-order valence-electron chi connectivity index (χ1n) is 5.26. The quantitative estimate of drug-likeness (QED) is 0.565. The molecule has 1 nitrogen and oxygen atoms in total. The van der Waals surface area contributed by atoms with E-state index in [0.29, 0.717) is 5.56 Å². The lowest BCUT2D eigenvalue weighted by Crippen LogP contribution is -1.90. The summed E-state index contributed by atoms with van der Waals surface area (Å²) < 4.78 is 27.7. The number of benzene rings is 2. The number of thiocarbonyl (C=S) groups is 1. The molecule has 18 heavy (non-hydrogen) atoms. The van der Waals surface area contributed by atoms with Gasteiger partial charge in [0.1, 0.15) is 11.6 Å². The van der Waals surface area contributed by atoms with Crippen LogP contribution < -0.4 is 0 Å². The van der Waals surface area contributed by atoms with Crippen molar-refractivity contribution < 1.29 is 8.78 Å². The second-order valence-electron chi connectivity index (χ2n) is 3.85. The first-order valence-corrected chi connectivity index (χ1v) is 5.66. The van der Waals surface area contributed by atoms with Gasteiger partial charge in [0, 0.05) is 12.1 Å². The third kappa shape index (κ3) is 2.50. The molecule has 0 radical (unpaired) electrons. The molecule has 0 atom stereocenters. The van der Waals surface area contributed by atoms with E-state index in [1.165, 1.54) is 0 Å². The molecule has 0 fully saturated rings. The van der Waals surface area contributed by atoms with Gasteiger partial charge in [-0.2, -0.15) is 4.99 Å². The summed E-state index contributed by atoms with van der Waals surface area (Å²) in [4.78, 5) is 3.56. The van der Waals surface area contributed by atoms with Gasteiger partial charge in [-0.1, -0.05) is 29.8 Å². The van der Waals surface area contributed by atoms with Crippen molar-refractivity contribution in [2.24, 2.45) is 4.99 Å². The molecule has 2 rings (SSSR count). The van der Waals surface area contributed by atoms with E-state index in [9.17, 15) is 8.78 Å². The van der Waals surface area contributed by atoms with Crippen molar-refractivity contribution in [3.8, 4) is 11.1 Å². The summed E-state index contributed by atoms with van der Waals surface area (Å²) in [5.74, 6) is -1.33. The molecule has 0 heterocycles. The zero-order chi connectivity index (χ0) is 13.1. The van der Waals surface area contributed by atoms with Gasteiger partial charge in [-0.15, -0.1) is 0 Å². The van der Waals surface area contributed by atoms with Gasteiger partial charge in [0.2, 0.25) is 0 Å². The van der Waals surface area contributed by atoms with Crippen LogP contribution in [0.3, 0.4) is 0 Å². The van der Waals surface area contributed by atoms with E-state index in [4.69, 9.17) is 0 Å². The van der Waals surface area contributed by atoms with Gasteiger partial charge in [0.05, 0.1) is 16.4 Å². The second kappa shape index (κ2) is 5.17. The van der Waals surface area contributed by atoms with Crippen molar-refractivity contribution in [1.82, 2.24) is 0 Å². The molecule has 0 bridgehead atoms. The molecule has 0 aliphatic carbocycles. The normalized spacial score (nSPS) is 9.94. The van der Waals surface area contributed by atoms with E-state index >= 15 is 0 Å². The minimum atomic E-state index is -0.664. The molecule has 0 N–H and O–H groups in total. The molecule has 0 unspecified atom stereocenters. The van der Waals surface area contributed by atoms with Crippen LogP contribution in [-0.2, 0) is 0 Å². The molecular weight excluding hydrogens is 252 g/mol. The SMILES string of the molecule is Cc1ccc(-c2c(F)cc(N=C=S)cc2F)cc1. The van der Waals surface area contributed by atoms with E-state index in [1.54, 1.807) is 24.3 Å². The number of isothiocyanates is 1. The Labute approximate surface area is 109 Å². The number of halogens is 2. The van der Waals surface area contributed by atoms with Gasteiger partial charge >= 0.3 is 0 Å². The largest absolute Gasteiger partial charge is 0.206 e. The van der Waals surface area contributed by atoms with Crippen LogP contribution >= 0.6 is 12.2 Å². The molecule has 4 heteroatoms. The number of aliphatic imine (C=N–C) groups is 1. The molecule has 0 saturated heterocycles. The lowest BCUT2D eigenvalue weighted by Gasteiger charge is -2.06. The Morgan fingerprint density at radius 1 is 1.06 bits per heavy atom. The summed E-state index contributed by atoms with van der Waals surface area (Å²) >= 11 is 4.40. The summed E-state index contributed by atoms with van der Waals surface area (Å²) in [5, 5.41) is 2.08. The van der Waals surface area contributed by atoms with Gasteiger partial charge in [0.25, 0.3) is 0 Å². The highest BCUT2D eigenvalue weighted by atomic mass is 32.1. The summed E-state index contributed by atoms with van der Waals surface area (Å²) in [7, 11) is 0. The Bertz CT molecular complexity index is 606. The average Bonchev–Trinajstić information content (AvgIpc) is 2.31. The predicted octanol–water partition coefficient (Wildman–Crippen LogP) is 4.67. The fourth-order valence-corrected chi connectivity index (χ4v) is 1.78. The van der Waals surface area contributed by atoms with Crippen LogP contribution in [0.2, 0.25) is 0 Å². The third-order valence-electron chi connectivity index (χ3n) is 2.54. The van der Waals surface area contributed by atoms with E-state index in [0.717, 1.165) is 17.7 Å². The molecule has 90 valence electrons. The third-order valence-corrected chi connectivity index (χ3v) is 2.63. The smallest absolute Gasteiger partial charge is 0.136 e. The zero-order valence-corrected chi connectivity index (χ0v) is 10.4. The van der Waals surface area contributed by atoms with E-state index in [1.807, 2.05) is 6.92 Å². The van der Waals surface area contributed by atoms with Gasteiger partial charge in [0.15, 0.2) is 0 Å². The monoisotopic (exact) mass is 261 g/mol. The van der Waals surface area contributed by atoms with Crippen molar-refractivity contribution in [2.75, 3.05) is 0 Å². The Balaban J connectivity index is 2.58. The van der Waals surface area contributed by atoms with Crippen LogP contribution in [0.15, 0.2) is 41.4 Å². The standard InChI is InChI=1S/C14H9F2NS/c1-9-2-4-10(5-3-9)14-12(15)6-11(17-8-18)7-13(14)16/h2-7H,1H3. The summed E-state index contributed by atoms with van der Waals surface area (Å²) in [6, 6.07) is 9.24. The molecule has 0 saturated carbocycles. The summed E-state index contributed by atoms with van der Waals surface area (Å²) in [5.41, 5.74) is 1.59. The molecule has 2 aromatic rings. The maximum atomic E-state index is 13.9. The predicted molar refractivity (Wildman–Crippen MR) is 71.2 cm³/mol. The first kappa shape index (κ1) is 12.6. The first-order chi connectivity index (χ1) is 8.61. The highest BCUT2D eigenvalue weighted by Crippen LogP contribution is 2.29. The average molecular weight is 261 g/mol.